The topological polar surface area (TPSA) is 96.0 Å². The van der Waals surface area contributed by atoms with E-state index >= 15 is 0 Å². The molecule has 1 aliphatic rings. The third kappa shape index (κ3) is 4.59. The van der Waals surface area contributed by atoms with Crippen molar-refractivity contribution < 1.29 is 23.0 Å². The Hall–Kier alpha value is -2.36. The Bertz CT molecular complexity index is 704. The van der Waals surface area contributed by atoms with E-state index in [0.29, 0.717) is 24.6 Å². The van der Waals surface area contributed by atoms with Gasteiger partial charge in [0.2, 0.25) is 0 Å². The van der Waals surface area contributed by atoms with Gasteiger partial charge in [0.05, 0.1) is 12.3 Å². The average Bonchev–Trinajstić information content (AvgIpc) is 3.11. The van der Waals surface area contributed by atoms with E-state index in [1.807, 2.05) is 6.92 Å². The lowest BCUT2D eigenvalue weighted by Gasteiger charge is -2.15. The lowest BCUT2D eigenvalue weighted by Crippen LogP contribution is -2.22. The van der Waals surface area contributed by atoms with Gasteiger partial charge in [-0.25, -0.2) is 9.97 Å². The highest BCUT2D eigenvalue weighted by atomic mass is 19.4. The second kappa shape index (κ2) is 6.87. The number of alkyl halides is 3. The zero-order valence-corrected chi connectivity index (χ0v) is 13.4. The number of aryl methyl sites for hydroxylation is 1. The van der Waals surface area contributed by atoms with Gasteiger partial charge in [-0.15, -0.1) is 13.2 Å². The van der Waals surface area contributed by atoms with Crippen LogP contribution in [0.25, 0.3) is 0 Å². The van der Waals surface area contributed by atoms with Crippen LogP contribution in [0.2, 0.25) is 0 Å². The molecular formula is C15H18F3N5O2. The van der Waals surface area contributed by atoms with Gasteiger partial charge in [-0.3, -0.25) is 5.10 Å². The number of hydrogen-bond acceptors (Lipinski definition) is 6. The number of aromatic nitrogens is 4. The third-order valence-electron chi connectivity index (χ3n) is 4.15. The number of ether oxygens (including phenoxy) is 1. The molecule has 2 aromatic heterocycles. The first-order valence-corrected chi connectivity index (χ1v) is 7.83. The minimum atomic E-state index is -4.74. The van der Waals surface area contributed by atoms with Gasteiger partial charge in [0.25, 0.3) is 0 Å². The van der Waals surface area contributed by atoms with Crippen LogP contribution in [0, 0.1) is 12.8 Å². The molecule has 0 radical (unpaired) electrons. The quantitative estimate of drug-likeness (QED) is 0.760. The average molecular weight is 357 g/mol. The maximum absolute atomic E-state index is 12.1. The number of nitrogens with zero attached hydrogens (tertiary/aromatic N) is 3. The van der Waals surface area contributed by atoms with Crippen molar-refractivity contribution in [1.29, 1.82) is 0 Å². The first kappa shape index (κ1) is 17.5. The van der Waals surface area contributed by atoms with Gasteiger partial charge in [-0.05, 0) is 31.9 Å². The van der Waals surface area contributed by atoms with Crippen LogP contribution in [0.1, 0.15) is 30.4 Å². The summed E-state index contributed by atoms with van der Waals surface area (Å²) < 4.78 is 40.1. The molecule has 3 N–H and O–H groups in total. The summed E-state index contributed by atoms with van der Waals surface area (Å²) in [6.45, 7) is 2.27. The zero-order valence-electron chi connectivity index (χ0n) is 13.4. The second-order valence-corrected chi connectivity index (χ2v) is 6.08. The van der Waals surface area contributed by atoms with Crippen LogP contribution in [-0.2, 0) is 0 Å². The van der Waals surface area contributed by atoms with Crippen LogP contribution in [0.3, 0.4) is 0 Å². The predicted octanol–water partition coefficient (Wildman–Crippen LogP) is 2.37. The predicted molar refractivity (Wildman–Crippen MR) is 82.0 cm³/mol. The molecule has 10 heteroatoms. The van der Waals surface area contributed by atoms with Gasteiger partial charge < -0.3 is 15.2 Å². The standard InChI is InChI=1S/C15H18F3N5O2/c1-8-21-14(23-22-8)9-4-10(12(24)5-9)6-19-13-3-2-11(7-20-13)25-15(16,17)18/h2-3,7,9-10,12,24H,4-6H2,1H3,(H,19,20)(H,21,22,23)/t9-,10+,12+/m0/s1. The Morgan fingerprint density at radius 1 is 1.36 bits per heavy atom. The van der Waals surface area contributed by atoms with Crippen molar-refractivity contribution in [2.45, 2.75) is 38.1 Å². The summed E-state index contributed by atoms with van der Waals surface area (Å²) in [4.78, 5) is 8.18. The Morgan fingerprint density at radius 2 is 2.16 bits per heavy atom. The largest absolute Gasteiger partial charge is 0.573 e. The van der Waals surface area contributed by atoms with E-state index in [4.69, 9.17) is 0 Å². The number of aliphatic hydroxyl groups excluding tert-OH is 1. The summed E-state index contributed by atoms with van der Waals surface area (Å²) in [5.74, 6) is 1.54. The summed E-state index contributed by atoms with van der Waals surface area (Å²) >= 11 is 0. The molecule has 1 fully saturated rings. The molecule has 0 aliphatic heterocycles. The summed E-state index contributed by atoms with van der Waals surface area (Å²) in [5.41, 5.74) is 0. The number of aromatic amines is 1. The van der Waals surface area contributed by atoms with Crippen LogP contribution >= 0.6 is 0 Å². The molecule has 2 aromatic rings. The SMILES string of the molecule is Cc1nc([C@H]2C[C@H](CNc3ccc(OC(F)(F)F)cn3)[C@H](O)C2)n[nH]1. The van der Waals surface area contributed by atoms with Crippen LogP contribution < -0.4 is 10.1 Å². The fourth-order valence-electron chi connectivity index (χ4n) is 2.99. The van der Waals surface area contributed by atoms with Crippen molar-refractivity contribution in [3.05, 3.63) is 30.0 Å². The molecule has 7 nitrogen and oxygen atoms in total. The van der Waals surface area contributed by atoms with Crippen LogP contribution in [-0.4, -0.2) is 44.3 Å². The number of nitrogens with one attached hydrogen (secondary N) is 2. The number of hydrogen-bond donors (Lipinski definition) is 3. The molecule has 0 amide bonds. The second-order valence-electron chi connectivity index (χ2n) is 6.08. The number of aliphatic hydroxyl groups is 1. The van der Waals surface area contributed by atoms with Crippen LogP contribution in [0.15, 0.2) is 18.3 Å². The lowest BCUT2D eigenvalue weighted by molar-refractivity contribution is -0.274. The summed E-state index contributed by atoms with van der Waals surface area (Å²) in [6, 6.07) is 2.59. The van der Waals surface area contributed by atoms with Gasteiger partial charge in [-0.2, -0.15) is 5.10 Å². The Balaban J connectivity index is 1.53. The van der Waals surface area contributed by atoms with E-state index in [9.17, 15) is 18.3 Å². The van der Waals surface area contributed by atoms with Crippen molar-refractivity contribution in [2.24, 2.45) is 5.92 Å². The van der Waals surface area contributed by atoms with Crippen molar-refractivity contribution >= 4 is 5.82 Å². The van der Waals surface area contributed by atoms with E-state index < -0.39 is 12.5 Å². The molecule has 0 spiro atoms. The molecule has 1 saturated carbocycles. The molecule has 3 atom stereocenters. The maximum Gasteiger partial charge on any atom is 0.573 e. The molecule has 25 heavy (non-hydrogen) atoms. The van der Waals surface area contributed by atoms with Crippen molar-refractivity contribution in [3.8, 4) is 5.75 Å². The molecule has 136 valence electrons. The Labute approximate surface area is 141 Å². The van der Waals surface area contributed by atoms with Crippen molar-refractivity contribution in [1.82, 2.24) is 20.2 Å². The zero-order chi connectivity index (χ0) is 18.0. The van der Waals surface area contributed by atoms with Crippen molar-refractivity contribution in [3.63, 3.8) is 0 Å². The summed E-state index contributed by atoms with van der Waals surface area (Å²) in [5, 5.41) is 20.2. The normalized spacial score (nSPS) is 23.6. The molecule has 0 saturated heterocycles. The first-order valence-electron chi connectivity index (χ1n) is 7.83. The molecule has 1 aliphatic carbocycles. The number of halogens is 3. The first-order chi connectivity index (χ1) is 11.8. The molecular weight excluding hydrogens is 339 g/mol. The van der Waals surface area contributed by atoms with E-state index in [0.717, 1.165) is 18.4 Å². The maximum atomic E-state index is 12.1. The molecule has 2 heterocycles. The summed E-state index contributed by atoms with van der Waals surface area (Å²) in [7, 11) is 0. The molecule has 0 aromatic carbocycles. The Morgan fingerprint density at radius 3 is 2.76 bits per heavy atom. The fourth-order valence-corrected chi connectivity index (χ4v) is 2.99. The molecule has 3 rings (SSSR count). The third-order valence-corrected chi connectivity index (χ3v) is 4.15. The van der Waals surface area contributed by atoms with Gasteiger partial charge in [0.1, 0.15) is 17.4 Å². The number of pyridine rings is 1. The highest BCUT2D eigenvalue weighted by molar-refractivity contribution is 5.37. The van der Waals surface area contributed by atoms with Gasteiger partial charge >= 0.3 is 6.36 Å². The van der Waals surface area contributed by atoms with Gasteiger partial charge in [-0.1, -0.05) is 0 Å². The fraction of sp³-hybridized carbons (Fsp3) is 0.533. The highest BCUT2D eigenvalue weighted by Gasteiger charge is 2.35. The van der Waals surface area contributed by atoms with Gasteiger partial charge in [0, 0.05) is 18.4 Å². The Kier molecular flexibility index (Phi) is 4.80. The minimum absolute atomic E-state index is 0.0169. The summed E-state index contributed by atoms with van der Waals surface area (Å²) in [6.07, 6.45) is -2.93. The highest BCUT2D eigenvalue weighted by Crippen LogP contribution is 2.37. The molecule has 0 unspecified atom stereocenters. The number of H-pyrrole nitrogens is 1. The van der Waals surface area contributed by atoms with E-state index in [2.05, 4.69) is 30.2 Å². The van der Waals surface area contributed by atoms with E-state index in [-0.39, 0.29) is 17.6 Å². The van der Waals surface area contributed by atoms with Gasteiger partial charge in [0.15, 0.2) is 5.82 Å². The number of anilines is 1. The van der Waals surface area contributed by atoms with E-state index in [1.54, 1.807) is 0 Å². The number of rotatable bonds is 5. The minimum Gasteiger partial charge on any atom is -0.404 e. The van der Waals surface area contributed by atoms with Crippen LogP contribution in [0.5, 0.6) is 5.75 Å². The lowest BCUT2D eigenvalue weighted by atomic mass is 10.0. The molecule has 0 bridgehead atoms. The van der Waals surface area contributed by atoms with Crippen molar-refractivity contribution in [2.75, 3.05) is 11.9 Å². The van der Waals surface area contributed by atoms with Crippen LogP contribution in [0.4, 0.5) is 19.0 Å². The smallest absolute Gasteiger partial charge is 0.404 e. The van der Waals surface area contributed by atoms with E-state index in [1.165, 1.54) is 12.1 Å². The monoisotopic (exact) mass is 357 g/mol.